The average Bonchev–Trinajstić information content (AvgIpc) is 3.70. The second-order valence-corrected chi connectivity index (χ2v) is 14.2. The van der Waals surface area contributed by atoms with Crippen molar-refractivity contribution >= 4 is 28.6 Å². The molecular weight excluding hydrogens is 606 g/mol. The highest BCUT2D eigenvalue weighted by molar-refractivity contribution is 7.99. The van der Waals surface area contributed by atoms with Gasteiger partial charge in [0.25, 0.3) is 0 Å². The van der Waals surface area contributed by atoms with Gasteiger partial charge in [0, 0.05) is 40.6 Å². The highest BCUT2D eigenvalue weighted by atomic mass is 32.2. The molecular formula is C37H38F2N2O4S. The van der Waals surface area contributed by atoms with Gasteiger partial charge in [-0.3, -0.25) is 4.79 Å². The normalized spacial score (nSPS) is 18.7. The molecule has 3 aromatic carbocycles. The van der Waals surface area contributed by atoms with E-state index < -0.39 is 23.0 Å². The number of ether oxygens (including phenoxy) is 1. The summed E-state index contributed by atoms with van der Waals surface area (Å²) in [5.41, 5.74) is 3.64. The van der Waals surface area contributed by atoms with Crippen LogP contribution >= 0.6 is 11.8 Å². The van der Waals surface area contributed by atoms with Crippen molar-refractivity contribution in [3.8, 4) is 23.0 Å². The van der Waals surface area contributed by atoms with Crippen molar-refractivity contribution in [1.82, 2.24) is 9.97 Å². The number of thioether (sulfide) groups is 1. The molecule has 0 fully saturated rings. The van der Waals surface area contributed by atoms with E-state index in [2.05, 4.69) is 25.8 Å². The molecule has 9 heteroatoms. The topological polar surface area (TPSA) is 88.3 Å². The molecule has 1 unspecified atom stereocenters. The molecule has 2 aromatic heterocycles. The molecule has 1 aliphatic heterocycles. The third-order valence-electron chi connectivity index (χ3n) is 9.04. The van der Waals surface area contributed by atoms with Crippen molar-refractivity contribution in [3.05, 3.63) is 101 Å². The molecule has 0 spiro atoms. The molecule has 0 amide bonds. The van der Waals surface area contributed by atoms with E-state index in [9.17, 15) is 9.90 Å². The van der Waals surface area contributed by atoms with Gasteiger partial charge in [-0.25, -0.2) is 13.8 Å². The number of aromatic nitrogens is 2. The molecule has 0 saturated heterocycles. The lowest BCUT2D eigenvalue weighted by atomic mass is 9.74. The van der Waals surface area contributed by atoms with Crippen LogP contribution in [0.25, 0.3) is 22.4 Å². The van der Waals surface area contributed by atoms with E-state index in [1.165, 1.54) is 24.3 Å². The maximum atomic E-state index is 15.5. The van der Waals surface area contributed by atoms with Gasteiger partial charge in [-0.1, -0.05) is 44.5 Å². The van der Waals surface area contributed by atoms with Crippen molar-refractivity contribution in [2.75, 3.05) is 11.5 Å². The Kier molecular flexibility index (Phi) is 8.97. The van der Waals surface area contributed by atoms with Crippen LogP contribution in [0.2, 0.25) is 0 Å². The van der Waals surface area contributed by atoms with Gasteiger partial charge in [0.2, 0.25) is 5.89 Å². The van der Waals surface area contributed by atoms with Gasteiger partial charge in [0.1, 0.15) is 17.8 Å². The third-order valence-corrected chi connectivity index (χ3v) is 10.5. The van der Waals surface area contributed by atoms with Crippen LogP contribution in [0, 0.1) is 17.0 Å². The Labute approximate surface area is 271 Å². The number of carboxylic acids is 1. The number of aromatic amines is 1. The Morgan fingerprint density at radius 3 is 2.74 bits per heavy atom. The fourth-order valence-electron chi connectivity index (χ4n) is 6.34. The molecule has 1 aliphatic rings. The number of hydrogen-bond donors (Lipinski definition) is 2. The zero-order valence-corrected chi connectivity index (χ0v) is 27.1. The Morgan fingerprint density at radius 1 is 1.07 bits per heavy atom. The number of oxazole rings is 1. The van der Waals surface area contributed by atoms with Gasteiger partial charge in [0.05, 0.1) is 11.3 Å². The maximum Gasteiger partial charge on any atom is 0.303 e. The minimum Gasteiger partial charge on any atom is -0.481 e. The predicted octanol–water partition coefficient (Wildman–Crippen LogP) is 9.70. The van der Waals surface area contributed by atoms with Crippen LogP contribution < -0.4 is 4.74 Å². The Morgan fingerprint density at radius 2 is 1.91 bits per heavy atom. The monoisotopic (exact) mass is 644 g/mol. The van der Waals surface area contributed by atoms with Gasteiger partial charge < -0.3 is 19.2 Å². The molecule has 5 aromatic rings. The van der Waals surface area contributed by atoms with Crippen molar-refractivity contribution in [2.45, 2.75) is 64.7 Å². The van der Waals surface area contributed by atoms with Crippen LogP contribution in [0.5, 0.6) is 11.5 Å². The van der Waals surface area contributed by atoms with Crippen LogP contribution in [0.15, 0.2) is 71.5 Å². The molecule has 46 heavy (non-hydrogen) atoms. The molecule has 0 saturated carbocycles. The molecule has 0 radical (unpaired) electrons. The lowest BCUT2D eigenvalue weighted by Crippen LogP contribution is -2.26. The SMILES string of the molecule is CC1(C)CCCC(C)(c2cccc(CCC(=O)O)c2)c2coc(n2)-c2cc(ccc2F)Oc2c(F)cc3[nH]ccc3c2CCSC1. The Hall–Kier alpha value is -4.11. The summed E-state index contributed by atoms with van der Waals surface area (Å²) in [5.74, 6) is 0.367. The standard InChI is InChI=1S/C37H38F2N2O4S/c1-36(2)14-5-15-37(3,24-7-4-6-23(18-24)8-11-33(42)43)32-21-44-35(41-32)28-19-25(9-10-29(28)38)45-34-27(13-17-46-22-36)26-12-16-40-31(26)20-30(34)39/h4,6-7,9-10,12,16,18-21,40H,5,8,11,13-15,17,22H2,1-3H3,(H,42,43). The predicted molar refractivity (Wildman–Crippen MR) is 178 cm³/mol. The number of nitrogens with zero attached hydrogens (tertiary/aromatic N) is 1. The number of fused-ring (bicyclic) bond motifs is 8. The summed E-state index contributed by atoms with van der Waals surface area (Å²) in [6.07, 6.45) is 7.08. The summed E-state index contributed by atoms with van der Waals surface area (Å²) in [7, 11) is 0. The summed E-state index contributed by atoms with van der Waals surface area (Å²) in [6, 6.07) is 15.6. The van der Waals surface area contributed by atoms with Crippen LogP contribution in [0.1, 0.15) is 68.8 Å². The van der Waals surface area contributed by atoms with Crippen molar-refractivity contribution in [2.24, 2.45) is 5.41 Å². The molecule has 6 nitrogen and oxygen atoms in total. The van der Waals surface area contributed by atoms with E-state index in [1.54, 1.807) is 12.5 Å². The number of H-pyrrole nitrogens is 1. The number of aliphatic carboxylic acids is 1. The molecule has 4 bridgehead atoms. The summed E-state index contributed by atoms with van der Waals surface area (Å²) in [5, 5.41) is 10.1. The van der Waals surface area contributed by atoms with Gasteiger partial charge >= 0.3 is 5.97 Å². The molecule has 240 valence electrons. The minimum absolute atomic E-state index is 0.0422. The lowest BCUT2D eigenvalue weighted by molar-refractivity contribution is -0.136. The van der Waals surface area contributed by atoms with Crippen LogP contribution in [-0.2, 0) is 23.1 Å². The molecule has 6 rings (SSSR count). The van der Waals surface area contributed by atoms with Crippen molar-refractivity contribution in [1.29, 1.82) is 0 Å². The molecule has 3 heterocycles. The number of benzene rings is 3. The molecule has 0 aliphatic carbocycles. The van der Waals surface area contributed by atoms with E-state index in [4.69, 9.17) is 14.1 Å². The number of halogens is 2. The van der Waals surface area contributed by atoms with E-state index >= 15 is 8.78 Å². The lowest BCUT2D eigenvalue weighted by Gasteiger charge is -2.31. The third kappa shape index (κ3) is 6.70. The number of nitrogens with one attached hydrogen (secondary N) is 1. The van der Waals surface area contributed by atoms with Crippen LogP contribution in [0.3, 0.4) is 0 Å². The first kappa shape index (κ1) is 31.9. The first-order valence-electron chi connectivity index (χ1n) is 15.6. The Bertz CT molecular complexity index is 1880. The van der Waals surface area contributed by atoms with Gasteiger partial charge in [-0.15, -0.1) is 0 Å². The fourth-order valence-corrected chi connectivity index (χ4v) is 7.53. The molecule has 2 N–H and O–H groups in total. The number of aryl methyl sites for hydroxylation is 2. The van der Waals surface area contributed by atoms with Crippen molar-refractivity contribution in [3.63, 3.8) is 0 Å². The number of carbonyl (C=O) groups is 1. The maximum absolute atomic E-state index is 15.5. The molecule has 1 atom stereocenters. The second kappa shape index (κ2) is 12.9. The van der Waals surface area contributed by atoms with E-state index in [0.717, 1.165) is 52.8 Å². The first-order valence-corrected chi connectivity index (χ1v) is 16.8. The smallest absolute Gasteiger partial charge is 0.303 e. The average molecular weight is 645 g/mol. The van der Waals surface area contributed by atoms with E-state index in [0.29, 0.717) is 24.1 Å². The summed E-state index contributed by atoms with van der Waals surface area (Å²) < 4.78 is 43.0. The second-order valence-electron chi connectivity index (χ2n) is 13.1. The van der Waals surface area contributed by atoms with Gasteiger partial charge in [-0.05, 0) is 84.9 Å². The highest BCUT2D eigenvalue weighted by Crippen LogP contribution is 2.42. The summed E-state index contributed by atoms with van der Waals surface area (Å²) in [4.78, 5) is 19.2. The zero-order chi connectivity index (χ0) is 32.5. The number of hydrogen-bond acceptors (Lipinski definition) is 5. The van der Waals surface area contributed by atoms with Gasteiger partial charge in [0.15, 0.2) is 11.6 Å². The summed E-state index contributed by atoms with van der Waals surface area (Å²) >= 11 is 1.85. The summed E-state index contributed by atoms with van der Waals surface area (Å²) in [6.45, 7) is 6.65. The largest absolute Gasteiger partial charge is 0.481 e. The van der Waals surface area contributed by atoms with Crippen molar-refractivity contribution < 1.29 is 27.8 Å². The van der Waals surface area contributed by atoms with E-state index in [-0.39, 0.29) is 34.8 Å². The van der Waals surface area contributed by atoms with Gasteiger partial charge in [-0.2, -0.15) is 11.8 Å². The zero-order valence-electron chi connectivity index (χ0n) is 26.3. The Balaban J connectivity index is 1.43. The van der Waals surface area contributed by atoms with Crippen LogP contribution in [-0.4, -0.2) is 32.5 Å². The van der Waals surface area contributed by atoms with Crippen LogP contribution in [0.4, 0.5) is 8.78 Å². The quantitative estimate of drug-likeness (QED) is 0.203. The number of rotatable bonds is 4. The highest BCUT2D eigenvalue weighted by Gasteiger charge is 2.34. The number of carboxylic acid groups (broad SMARTS) is 1. The minimum atomic E-state index is -0.841. The fraction of sp³-hybridized carbons (Fsp3) is 0.351. The first-order chi connectivity index (χ1) is 22.0. The van der Waals surface area contributed by atoms with E-state index in [1.807, 2.05) is 42.1 Å².